The van der Waals surface area contributed by atoms with Gasteiger partial charge in [0.2, 0.25) is 0 Å². The van der Waals surface area contributed by atoms with Crippen molar-refractivity contribution in [3.8, 4) is 11.4 Å². The van der Waals surface area contributed by atoms with Gasteiger partial charge in [-0.3, -0.25) is 24.3 Å². The van der Waals surface area contributed by atoms with Gasteiger partial charge in [-0.25, -0.2) is 4.98 Å². The lowest BCUT2D eigenvalue weighted by molar-refractivity contribution is -0.137. The Hall–Kier alpha value is -3.01. The molecule has 0 aliphatic heterocycles. The molecule has 0 bridgehead atoms. The van der Waals surface area contributed by atoms with E-state index in [-0.39, 0.29) is 18.9 Å². The number of nitrogens with zero attached hydrogens (tertiary/aromatic N) is 5. The van der Waals surface area contributed by atoms with Crippen LogP contribution in [0.3, 0.4) is 0 Å². The molecule has 2 N–H and O–H groups in total. The largest absolute Gasteiger partial charge is 0.481 e. The Bertz CT molecular complexity index is 881. The Morgan fingerprint density at radius 1 is 1.38 bits per heavy atom. The van der Waals surface area contributed by atoms with E-state index < -0.39 is 5.97 Å². The summed E-state index contributed by atoms with van der Waals surface area (Å²) in [6.07, 6.45) is 4.53. The molecule has 0 saturated heterocycles. The molecule has 0 atom stereocenters. The van der Waals surface area contributed by atoms with E-state index >= 15 is 0 Å². The van der Waals surface area contributed by atoms with Crippen LogP contribution < -0.4 is 5.32 Å². The van der Waals surface area contributed by atoms with Crippen molar-refractivity contribution in [3.63, 3.8) is 0 Å². The molecule has 3 aromatic heterocycles. The molecule has 24 heavy (non-hydrogen) atoms. The molecule has 0 fully saturated rings. The summed E-state index contributed by atoms with van der Waals surface area (Å²) in [5, 5.41) is 21.7. The number of aromatic nitrogens is 5. The SMILES string of the molecule is Cn1nccc1-c1csc(NC(=O)c2cnn(CCC(=O)O)c2)n1. The summed E-state index contributed by atoms with van der Waals surface area (Å²) >= 11 is 1.31. The Morgan fingerprint density at radius 2 is 2.21 bits per heavy atom. The van der Waals surface area contributed by atoms with Gasteiger partial charge in [-0.2, -0.15) is 10.2 Å². The van der Waals surface area contributed by atoms with Crippen molar-refractivity contribution >= 4 is 28.3 Å². The van der Waals surface area contributed by atoms with Crippen LogP contribution >= 0.6 is 11.3 Å². The van der Waals surface area contributed by atoms with Crippen LogP contribution in [0.25, 0.3) is 11.4 Å². The first-order valence-electron chi connectivity index (χ1n) is 7.02. The van der Waals surface area contributed by atoms with E-state index in [1.54, 1.807) is 10.9 Å². The van der Waals surface area contributed by atoms with E-state index in [1.165, 1.54) is 28.4 Å². The van der Waals surface area contributed by atoms with E-state index in [0.717, 1.165) is 11.4 Å². The normalized spacial score (nSPS) is 10.7. The monoisotopic (exact) mass is 346 g/mol. The zero-order valence-corrected chi connectivity index (χ0v) is 13.5. The zero-order chi connectivity index (χ0) is 17.1. The molecule has 3 heterocycles. The van der Waals surface area contributed by atoms with E-state index in [0.29, 0.717) is 10.7 Å². The fraction of sp³-hybridized carbons (Fsp3) is 0.214. The van der Waals surface area contributed by atoms with E-state index in [4.69, 9.17) is 5.11 Å². The van der Waals surface area contributed by atoms with Gasteiger partial charge in [-0.05, 0) is 6.07 Å². The Kier molecular flexibility index (Phi) is 4.38. The van der Waals surface area contributed by atoms with E-state index in [1.807, 2.05) is 18.5 Å². The number of hydrogen-bond donors (Lipinski definition) is 2. The van der Waals surface area contributed by atoms with Gasteiger partial charge in [0.05, 0.1) is 30.4 Å². The van der Waals surface area contributed by atoms with Gasteiger partial charge in [-0.1, -0.05) is 0 Å². The summed E-state index contributed by atoms with van der Waals surface area (Å²) in [7, 11) is 1.82. The standard InChI is InChI=1S/C14H14N6O3S/c1-19-11(2-4-15-19)10-8-24-14(17-10)18-13(23)9-6-16-20(7-9)5-3-12(21)22/h2,4,6-8H,3,5H2,1H3,(H,21,22)(H,17,18,23). The lowest BCUT2D eigenvalue weighted by atomic mass is 10.3. The third-order valence-corrected chi connectivity index (χ3v) is 4.02. The first-order valence-corrected chi connectivity index (χ1v) is 7.90. The number of nitrogens with one attached hydrogen (secondary N) is 1. The van der Waals surface area contributed by atoms with Crippen molar-refractivity contribution < 1.29 is 14.7 Å². The quantitative estimate of drug-likeness (QED) is 0.698. The smallest absolute Gasteiger partial charge is 0.305 e. The number of carbonyl (C=O) groups excluding carboxylic acids is 1. The van der Waals surface area contributed by atoms with E-state index in [2.05, 4.69) is 20.5 Å². The number of carboxylic acid groups (broad SMARTS) is 1. The van der Waals surface area contributed by atoms with Crippen LogP contribution in [0.5, 0.6) is 0 Å². The van der Waals surface area contributed by atoms with Crippen molar-refractivity contribution in [2.75, 3.05) is 5.32 Å². The van der Waals surface area contributed by atoms with Gasteiger partial charge in [-0.15, -0.1) is 11.3 Å². The van der Waals surface area contributed by atoms with Gasteiger partial charge in [0, 0.05) is 24.8 Å². The predicted octanol–water partition coefficient (Wildman–Crippen LogP) is 1.47. The van der Waals surface area contributed by atoms with Crippen LogP contribution in [0.15, 0.2) is 30.0 Å². The number of carbonyl (C=O) groups is 2. The molecule has 10 heteroatoms. The maximum atomic E-state index is 12.2. The molecule has 0 radical (unpaired) electrons. The molecule has 0 aromatic carbocycles. The first-order chi connectivity index (χ1) is 11.5. The summed E-state index contributed by atoms with van der Waals surface area (Å²) in [6.45, 7) is 0.213. The minimum absolute atomic E-state index is 0.0523. The second-order valence-corrected chi connectivity index (χ2v) is 5.83. The van der Waals surface area contributed by atoms with Crippen molar-refractivity contribution in [1.29, 1.82) is 0 Å². The number of rotatable bonds is 6. The van der Waals surface area contributed by atoms with Crippen molar-refractivity contribution in [3.05, 3.63) is 35.6 Å². The van der Waals surface area contributed by atoms with Crippen LogP contribution in [-0.4, -0.2) is 41.5 Å². The lowest BCUT2D eigenvalue weighted by Gasteiger charge is -1.99. The van der Waals surface area contributed by atoms with Gasteiger partial charge in [0.15, 0.2) is 5.13 Å². The fourth-order valence-electron chi connectivity index (χ4n) is 2.06. The highest BCUT2D eigenvalue weighted by Crippen LogP contribution is 2.24. The average molecular weight is 346 g/mol. The highest BCUT2D eigenvalue weighted by atomic mass is 32.1. The van der Waals surface area contributed by atoms with Gasteiger partial charge >= 0.3 is 5.97 Å². The molecule has 0 spiro atoms. The van der Waals surface area contributed by atoms with Crippen LogP contribution in [-0.2, 0) is 18.4 Å². The third-order valence-electron chi connectivity index (χ3n) is 3.26. The number of carboxylic acids is 1. The van der Waals surface area contributed by atoms with Crippen LogP contribution in [0.1, 0.15) is 16.8 Å². The minimum Gasteiger partial charge on any atom is -0.481 e. The molecule has 124 valence electrons. The number of aliphatic carboxylic acids is 1. The summed E-state index contributed by atoms with van der Waals surface area (Å²) in [5.74, 6) is -1.26. The summed E-state index contributed by atoms with van der Waals surface area (Å²) in [4.78, 5) is 27.1. The molecule has 3 aromatic rings. The van der Waals surface area contributed by atoms with Crippen molar-refractivity contribution in [2.45, 2.75) is 13.0 Å². The maximum absolute atomic E-state index is 12.2. The first kappa shape index (κ1) is 15.9. The lowest BCUT2D eigenvalue weighted by Crippen LogP contribution is -2.11. The Labute approximate surface area is 140 Å². The molecular formula is C14H14N6O3S. The van der Waals surface area contributed by atoms with Crippen LogP contribution in [0.4, 0.5) is 5.13 Å². The summed E-state index contributed by atoms with van der Waals surface area (Å²) < 4.78 is 3.12. The average Bonchev–Trinajstić information content (AvgIpc) is 3.25. The summed E-state index contributed by atoms with van der Waals surface area (Å²) in [6, 6.07) is 1.84. The van der Waals surface area contributed by atoms with Gasteiger partial charge < -0.3 is 5.11 Å². The minimum atomic E-state index is -0.915. The molecular weight excluding hydrogens is 332 g/mol. The van der Waals surface area contributed by atoms with Crippen LogP contribution in [0.2, 0.25) is 0 Å². The highest BCUT2D eigenvalue weighted by molar-refractivity contribution is 7.14. The summed E-state index contributed by atoms with van der Waals surface area (Å²) in [5.41, 5.74) is 1.93. The molecule has 3 rings (SSSR count). The molecule has 9 nitrogen and oxygen atoms in total. The van der Waals surface area contributed by atoms with Crippen molar-refractivity contribution in [2.24, 2.45) is 7.05 Å². The van der Waals surface area contributed by atoms with Crippen LogP contribution in [0, 0.1) is 0 Å². The molecule has 0 saturated carbocycles. The Morgan fingerprint density at radius 3 is 2.92 bits per heavy atom. The van der Waals surface area contributed by atoms with Crippen molar-refractivity contribution in [1.82, 2.24) is 24.5 Å². The fourth-order valence-corrected chi connectivity index (χ4v) is 2.76. The van der Waals surface area contributed by atoms with Gasteiger partial charge in [0.1, 0.15) is 5.69 Å². The highest BCUT2D eigenvalue weighted by Gasteiger charge is 2.13. The maximum Gasteiger partial charge on any atom is 0.305 e. The van der Waals surface area contributed by atoms with E-state index in [9.17, 15) is 9.59 Å². The topological polar surface area (TPSA) is 115 Å². The molecule has 1 amide bonds. The number of aryl methyl sites for hydroxylation is 2. The third kappa shape index (κ3) is 3.49. The number of anilines is 1. The number of amides is 1. The molecule has 0 aliphatic rings. The number of hydrogen-bond acceptors (Lipinski definition) is 6. The Balaban J connectivity index is 1.66. The predicted molar refractivity (Wildman–Crippen MR) is 86.7 cm³/mol. The second kappa shape index (κ2) is 6.62. The molecule has 0 aliphatic carbocycles. The molecule has 0 unspecified atom stereocenters. The zero-order valence-electron chi connectivity index (χ0n) is 12.7. The van der Waals surface area contributed by atoms with Gasteiger partial charge in [0.25, 0.3) is 5.91 Å². The second-order valence-electron chi connectivity index (χ2n) is 4.97. The number of thiazole rings is 1.